The van der Waals surface area contributed by atoms with E-state index in [1.807, 2.05) is 29.2 Å². The van der Waals surface area contributed by atoms with Crippen molar-refractivity contribution in [2.75, 3.05) is 26.2 Å². The number of rotatable bonds is 5. The quantitative estimate of drug-likeness (QED) is 0.856. The van der Waals surface area contributed by atoms with Crippen molar-refractivity contribution in [3.63, 3.8) is 0 Å². The van der Waals surface area contributed by atoms with Crippen LogP contribution in [0.2, 0.25) is 5.02 Å². The van der Waals surface area contributed by atoms with E-state index in [-0.39, 0.29) is 5.91 Å². The third-order valence-electron chi connectivity index (χ3n) is 4.79. The Bertz CT molecular complexity index is 807. The van der Waals surface area contributed by atoms with Crippen LogP contribution in [0.15, 0.2) is 48.5 Å². The Labute approximate surface area is 164 Å². The predicted octanol–water partition coefficient (Wildman–Crippen LogP) is 1.91. The number of hydrogen-bond acceptors (Lipinski definition) is 3. The summed E-state index contributed by atoms with van der Waals surface area (Å²) in [6.07, 6.45) is -0.522. The maximum atomic E-state index is 12.6. The molecule has 3 rings (SSSR count). The van der Waals surface area contributed by atoms with Crippen molar-refractivity contribution in [1.82, 2.24) is 4.90 Å². The molecule has 140 valence electrons. The minimum absolute atomic E-state index is 0.0161. The monoisotopic (exact) mass is 384 g/mol. The second-order valence-corrected chi connectivity index (χ2v) is 7.21. The van der Waals surface area contributed by atoms with Crippen LogP contribution < -0.4 is 9.64 Å². The van der Waals surface area contributed by atoms with Gasteiger partial charge in [-0.1, -0.05) is 23.7 Å². The lowest BCUT2D eigenvalue weighted by Crippen LogP contribution is -3.13. The first-order valence-corrected chi connectivity index (χ1v) is 9.46. The molecular weight excluding hydrogens is 362 g/mol. The predicted molar refractivity (Wildman–Crippen MR) is 104 cm³/mol. The van der Waals surface area contributed by atoms with Crippen molar-refractivity contribution >= 4 is 17.5 Å². The van der Waals surface area contributed by atoms with E-state index >= 15 is 0 Å². The molecule has 0 bridgehead atoms. The highest BCUT2D eigenvalue weighted by atomic mass is 35.5. The van der Waals surface area contributed by atoms with Crippen LogP contribution in [-0.2, 0) is 11.3 Å². The van der Waals surface area contributed by atoms with Gasteiger partial charge < -0.3 is 14.5 Å². The maximum absolute atomic E-state index is 12.6. The molecule has 0 aliphatic carbocycles. The molecule has 1 amide bonds. The molecule has 0 saturated carbocycles. The van der Waals surface area contributed by atoms with Gasteiger partial charge in [0.2, 0.25) is 0 Å². The van der Waals surface area contributed by atoms with Gasteiger partial charge in [-0.3, -0.25) is 4.79 Å². The molecular formula is C21H23ClN3O2+. The summed E-state index contributed by atoms with van der Waals surface area (Å²) in [6, 6.07) is 16.9. The van der Waals surface area contributed by atoms with Crippen molar-refractivity contribution in [3.05, 3.63) is 64.7 Å². The normalized spacial score (nSPS) is 15.8. The highest BCUT2D eigenvalue weighted by Gasteiger charge is 2.27. The molecule has 5 nitrogen and oxygen atoms in total. The number of ether oxygens (including phenoxy) is 1. The van der Waals surface area contributed by atoms with Crippen molar-refractivity contribution in [1.29, 1.82) is 5.26 Å². The number of nitrogens with zero attached hydrogens (tertiary/aromatic N) is 2. The zero-order valence-corrected chi connectivity index (χ0v) is 16.1. The Morgan fingerprint density at radius 3 is 2.41 bits per heavy atom. The average Bonchev–Trinajstić information content (AvgIpc) is 2.70. The Kier molecular flexibility index (Phi) is 6.33. The standard InChI is InChI=1S/C21H22ClN3O2/c1-16(27-20-8-6-19(22)7-9-20)21(26)25-12-10-24(11-13-25)15-18-4-2-17(14-23)3-5-18/h2-9,16H,10-13,15H2,1H3/p+1/t16-/m1/s1. The number of piperazine rings is 1. The van der Waals surface area contributed by atoms with Gasteiger partial charge in [0.05, 0.1) is 37.8 Å². The number of nitriles is 1. The van der Waals surface area contributed by atoms with Gasteiger partial charge in [-0.15, -0.1) is 0 Å². The van der Waals surface area contributed by atoms with Crippen molar-refractivity contribution in [2.24, 2.45) is 0 Å². The molecule has 0 spiro atoms. The molecule has 27 heavy (non-hydrogen) atoms. The first-order valence-electron chi connectivity index (χ1n) is 9.09. The van der Waals surface area contributed by atoms with Crippen LogP contribution in [0.3, 0.4) is 0 Å². The molecule has 1 atom stereocenters. The maximum Gasteiger partial charge on any atom is 0.263 e. The number of halogens is 1. The van der Waals surface area contributed by atoms with Crippen molar-refractivity contribution in [3.8, 4) is 11.8 Å². The number of hydrogen-bond donors (Lipinski definition) is 1. The van der Waals surface area contributed by atoms with Crippen molar-refractivity contribution < 1.29 is 14.4 Å². The fourth-order valence-corrected chi connectivity index (χ4v) is 3.36. The highest BCUT2D eigenvalue weighted by molar-refractivity contribution is 6.30. The lowest BCUT2D eigenvalue weighted by Gasteiger charge is -2.33. The largest absolute Gasteiger partial charge is 0.481 e. The van der Waals surface area contributed by atoms with Crippen LogP contribution in [0.1, 0.15) is 18.1 Å². The van der Waals surface area contributed by atoms with Gasteiger partial charge in [-0.2, -0.15) is 5.26 Å². The van der Waals surface area contributed by atoms with Crippen LogP contribution in [-0.4, -0.2) is 43.1 Å². The topological polar surface area (TPSA) is 57.8 Å². The van der Waals surface area contributed by atoms with E-state index < -0.39 is 6.10 Å². The van der Waals surface area contributed by atoms with E-state index in [1.54, 1.807) is 31.2 Å². The number of benzene rings is 2. The molecule has 0 radical (unpaired) electrons. The van der Waals surface area contributed by atoms with Gasteiger partial charge in [0.1, 0.15) is 12.3 Å². The Hall–Kier alpha value is -2.55. The Morgan fingerprint density at radius 2 is 1.81 bits per heavy atom. The van der Waals surface area contributed by atoms with Gasteiger partial charge in [0.15, 0.2) is 6.10 Å². The Balaban J connectivity index is 1.48. The van der Waals surface area contributed by atoms with Crippen molar-refractivity contribution in [2.45, 2.75) is 19.6 Å². The third-order valence-corrected chi connectivity index (χ3v) is 5.05. The zero-order valence-electron chi connectivity index (χ0n) is 15.3. The molecule has 1 aliphatic rings. The van der Waals surface area contributed by atoms with E-state index in [0.717, 1.165) is 32.7 Å². The summed E-state index contributed by atoms with van der Waals surface area (Å²) in [5, 5.41) is 9.51. The highest BCUT2D eigenvalue weighted by Crippen LogP contribution is 2.17. The summed E-state index contributed by atoms with van der Waals surface area (Å²) < 4.78 is 5.75. The van der Waals surface area contributed by atoms with E-state index in [9.17, 15) is 4.79 Å². The number of carbonyl (C=O) groups excluding carboxylic acids is 1. The van der Waals surface area contributed by atoms with Gasteiger partial charge in [-0.25, -0.2) is 0 Å². The fraction of sp³-hybridized carbons (Fsp3) is 0.333. The SMILES string of the molecule is C[C@@H](Oc1ccc(Cl)cc1)C(=O)N1CC[NH+](Cc2ccc(C#N)cc2)CC1. The summed E-state index contributed by atoms with van der Waals surface area (Å²) in [5.41, 5.74) is 1.89. The van der Waals surface area contributed by atoms with E-state index in [2.05, 4.69) is 6.07 Å². The second-order valence-electron chi connectivity index (χ2n) is 6.77. The van der Waals surface area contributed by atoms with Crippen LogP contribution in [0.4, 0.5) is 0 Å². The molecule has 2 aromatic rings. The zero-order chi connectivity index (χ0) is 19.2. The summed E-state index contributed by atoms with van der Waals surface area (Å²) in [5.74, 6) is 0.660. The number of amides is 1. The molecule has 6 heteroatoms. The molecule has 2 aromatic carbocycles. The third kappa shape index (κ3) is 5.22. The van der Waals surface area contributed by atoms with Crippen LogP contribution in [0.5, 0.6) is 5.75 Å². The molecule has 1 N–H and O–H groups in total. The van der Waals surface area contributed by atoms with Gasteiger partial charge in [0, 0.05) is 10.6 Å². The Morgan fingerprint density at radius 1 is 1.19 bits per heavy atom. The van der Waals surface area contributed by atoms with E-state index in [0.29, 0.717) is 16.3 Å². The number of quaternary nitrogens is 1. The lowest BCUT2D eigenvalue weighted by molar-refractivity contribution is -0.917. The molecule has 1 heterocycles. The van der Waals surface area contributed by atoms with Gasteiger partial charge in [-0.05, 0) is 43.3 Å². The molecule has 1 saturated heterocycles. The fourth-order valence-electron chi connectivity index (χ4n) is 3.23. The summed E-state index contributed by atoms with van der Waals surface area (Å²) in [4.78, 5) is 16.0. The molecule has 0 aromatic heterocycles. The second kappa shape index (κ2) is 8.90. The number of nitrogens with one attached hydrogen (secondary N) is 1. The average molecular weight is 385 g/mol. The van der Waals surface area contributed by atoms with Crippen LogP contribution in [0, 0.1) is 11.3 Å². The minimum atomic E-state index is -0.522. The van der Waals surface area contributed by atoms with E-state index in [1.165, 1.54) is 10.5 Å². The summed E-state index contributed by atoms with van der Waals surface area (Å²) in [7, 11) is 0. The summed E-state index contributed by atoms with van der Waals surface area (Å²) in [6.45, 7) is 5.94. The molecule has 0 unspecified atom stereocenters. The smallest absolute Gasteiger partial charge is 0.263 e. The molecule has 1 fully saturated rings. The molecule has 1 aliphatic heterocycles. The van der Waals surface area contributed by atoms with Gasteiger partial charge >= 0.3 is 0 Å². The van der Waals surface area contributed by atoms with Crippen LogP contribution in [0.25, 0.3) is 0 Å². The van der Waals surface area contributed by atoms with E-state index in [4.69, 9.17) is 21.6 Å². The van der Waals surface area contributed by atoms with Gasteiger partial charge in [0.25, 0.3) is 5.91 Å². The first kappa shape index (κ1) is 19.2. The lowest BCUT2D eigenvalue weighted by atomic mass is 10.1. The number of carbonyl (C=O) groups is 1. The first-order chi connectivity index (χ1) is 13.0. The minimum Gasteiger partial charge on any atom is -0.481 e. The van der Waals surface area contributed by atoms with Crippen LogP contribution >= 0.6 is 11.6 Å². The summed E-state index contributed by atoms with van der Waals surface area (Å²) >= 11 is 5.87.